The van der Waals surface area contributed by atoms with Crippen molar-refractivity contribution in [1.82, 2.24) is 10.2 Å². The van der Waals surface area contributed by atoms with Crippen molar-refractivity contribution in [2.75, 3.05) is 24.2 Å². The van der Waals surface area contributed by atoms with E-state index >= 15 is 0 Å². The molecule has 0 unspecified atom stereocenters. The second kappa shape index (κ2) is 13.3. The minimum Gasteiger partial charge on any atom is -0.497 e. The molecule has 1 atom stereocenters. The van der Waals surface area contributed by atoms with Gasteiger partial charge < -0.3 is 15.0 Å². The molecule has 0 aliphatic carbocycles. The maximum atomic E-state index is 13.3. The molecule has 0 saturated carbocycles. The van der Waals surface area contributed by atoms with Gasteiger partial charge in [-0.05, 0) is 69.0 Å². The van der Waals surface area contributed by atoms with Crippen molar-refractivity contribution in [2.45, 2.75) is 65.6 Å². The molecule has 2 rings (SSSR count). The number of rotatable bonds is 13. The number of anilines is 1. The molecule has 0 spiro atoms. The van der Waals surface area contributed by atoms with Gasteiger partial charge in [-0.15, -0.1) is 0 Å². The first kappa shape index (κ1) is 29.2. The van der Waals surface area contributed by atoms with Crippen LogP contribution in [0.3, 0.4) is 0 Å². The second-order valence-electron chi connectivity index (χ2n) is 9.17. The monoisotopic (exact) mass is 517 g/mol. The van der Waals surface area contributed by atoms with Crippen LogP contribution in [0.25, 0.3) is 0 Å². The number of methoxy groups -OCH3 is 1. The molecule has 8 nitrogen and oxygen atoms in total. The van der Waals surface area contributed by atoms with Crippen LogP contribution >= 0.6 is 0 Å². The number of sulfonamides is 1. The van der Waals surface area contributed by atoms with Gasteiger partial charge in [-0.25, -0.2) is 8.42 Å². The molecule has 9 heteroatoms. The lowest BCUT2D eigenvalue weighted by Crippen LogP contribution is -2.49. The van der Waals surface area contributed by atoms with Gasteiger partial charge in [-0.2, -0.15) is 0 Å². The van der Waals surface area contributed by atoms with Crippen LogP contribution in [0.5, 0.6) is 5.75 Å². The van der Waals surface area contributed by atoms with E-state index in [1.54, 1.807) is 31.1 Å². The van der Waals surface area contributed by atoms with Crippen LogP contribution in [0.1, 0.15) is 51.7 Å². The zero-order chi connectivity index (χ0) is 26.9. The van der Waals surface area contributed by atoms with Gasteiger partial charge in [0.1, 0.15) is 11.8 Å². The lowest BCUT2D eigenvalue weighted by Gasteiger charge is -2.30. The largest absolute Gasteiger partial charge is 0.497 e. The van der Waals surface area contributed by atoms with E-state index in [-0.39, 0.29) is 37.4 Å². The average Bonchev–Trinajstić information content (AvgIpc) is 2.84. The summed E-state index contributed by atoms with van der Waals surface area (Å²) in [7, 11) is -1.94. The van der Waals surface area contributed by atoms with Gasteiger partial charge in [0.2, 0.25) is 21.8 Å². The van der Waals surface area contributed by atoms with E-state index in [2.05, 4.69) is 5.32 Å². The Hall–Kier alpha value is -3.07. The molecule has 0 aromatic heterocycles. The number of benzene rings is 2. The fourth-order valence-electron chi connectivity index (χ4n) is 3.82. The average molecular weight is 518 g/mol. The highest BCUT2D eigenvalue weighted by Crippen LogP contribution is 2.20. The minimum absolute atomic E-state index is 0.0553. The Bertz CT molecular complexity index is 1100. The number of hydrogen-bond donors (Lipinski definition) is 1. The van der Waals surface area contributed by atoms with Crippen molar-refractivity contribution in [2.24, 2.45) is 0 Å². The number of amides is 2. The smallest absolute Gasteiger partial charge is 0.242 e. The Morgan fingerprint density at radius 3 is 2.06 bits per heavy atom. The standard InChI is InChI=1S/C27H39N3O5S/c1-7-22-10-14-24(15-11-22)30(36(6,33)34)18-8-9-26(31)29(21(4)27(32)28-20(2)3)19-23-12-16-25(35-5)17-13-23/h10-17,20-21H,7-9,18-19H2,1-6H3,(H,28,32)/t21-/m1/s1. The predicted octanol–water partition coefficient (Wildman–Crippen LogP) is 3.75. The van der Waals surface area contributed by atoms with E-state index in [1.807, 2.05) is 57.2 Å². The molecule has 0 saturated heterocycles. The quantitative estimate of drug-likeness (QED) is 0.437. The molecule has 0 radical (unpaired) electrons. The predicted molar refractivity (Wildman–Crippen MR) is 144 cm³/mol. The Morgan fingerprint density at radius 1 is 0.972 bits per heavy atom. The number of nitrogens with zero attached hydrogens (tertiary/aromatic N) is 2. The van der Waals surface area contributed by atoms with Gasteiger partial charge in [0.25, 0.3) is 0 Å². The van der Waals surface area contributed by atoms with Crippen molar-refractivity contribution < 1.29 is 22.7 Å². The summed E-state index contributed by atoms with van der Waals surface area (Å²) in [5.74, 6) is 0.253. The molecule has 0 fully saturated rings. The molecule has 0 bridgehead atoms. The van der Waals surface area contributed by atoms with E-state index in [0.717, 1.165) is 23.8 Å². The summed E-state index contributed by atoms with van der Waals surface area (Å²) in [6.07, 6.45) is 2.45. The molecule has 198 valence electrons. The highest BCUT2D eigenvalue weighted by Gasteiger charge is 2.27. The molecular formula is C27H39N3O5S. The zero-order valence-corrected chi connectivity index (χ0v) is 23.0. The lowest BCUT2D eigenvalue weighted by atomic mass is 10.1. The molecule has 0 aliphatic rings. The number of nitrogens with one attached hydrogen (secondary N) is 1. The topological polar surface area (TPSA) is 96.0 Å². The third-order valence-electron chi connectivity index (χ3n) is 5.89. The first-order valence-electron chi connectivity index (χ1n) is 12.3. The summed E-state index contributed by atoms with van der Waals surface area (Å²) in [6.45, 7) is 7.90. The summed E-state index contributed by atoms with van der Waals surface area (Å²) in [5.41, 5.74) is 2.55. The van der Waals surface area contributed by atoms with Gasteiger partial charge in [-0.3, -0.25) is 13.9 Å². The van der Waals surface area contributed by atoms with E-state index in [4.69, 9.17) is 4.74 Å². The van der Waals surface area contributed by atoms with Crippen molar-refractivity contribution in [3.8, 4) is 5.75 Å². The maximum Gasteiger partial charge on any atom is 0.242 e. The molecule has 0 aliphatic heterocycles. The van der Waals surface area contributed by atoms with E-state index in [1.165, 1.54) is 4.31 Å². The zero-order valence-electron chi connectivity index (χ0n) is 22.2. The summed E-state index contributed by atoms with van der Waals surface area (Å²) in [5, 5.41) is 2.87. The van der Waals surface area contributed by atoms with Crippen LogP contribution in [0.15, 0.2) is 48.5 Å². The molecule has 2 aromatic carbocycles. The Balaban J connectivity index is 2.16. The van der Waals surface area contributed by atoms with Gasteiger partial charge >= 0.3 is 0 Å². The van der Waals surface area contributed by atoms with Crippen molar-refractivity contribution in [3.05, 3.63) is 59.7 Å². The molecule has 36 heavy (non-hydrogen) atoms. The molecule has 1 N–H and O–H groups in total. The van der Waals surface area contributed by atoms with Crippen molar-refractivity contribution in [3.63, 3.8) is 0 Å². The number of carbonyl (C=O) groups excluding carboxylic acids is 2. The fraction of sp³-hybridized carbons (Fsp3) is 0.481. The first-order chi connectivity index (χ1) is 17.0. The number of aryl methyl sites for hydroxylation is 1. The Morgan fingerprint density at radius 2 is 1.56 bits per heavy atom. The van der Waals surface area contributed by atoms with Crippen molar-refractivity contribution in [1.29, 1.82) is 0 Å². The fourth-order valence-corrected chi connectivity index (χ4v) is 4.78. The second-order valence-corrected chi connectivity index (χ2v) is 11.1. The van der Waals surface area contributed by atoms with Crippen LogP contribution in [-0.4, -0.2) is 57.1 Å². The minimum atomic E-state index is -3.52. The SMILES string of the molecule is CCc1ccc(N(CCCC(=O)N(Cc2ccc(OC)cc2)[C@H](C)C(=O)NC(C)C)S(C)(=O)=O)cc1. The molecular weight excluding hydrogens is 478 g/mol. The van der Waals surface area contributed by atoms with Gasteiger partial charge in [0, 0.05) is 25.6 Å². The Labute approximate surface area is 215 Å². The van der Waals surface area contributed by atoms with Crippen LogP contribution in [0.2, 0.25) is 0 Å². The first-order valence-corrected chi connectivity index (χ1v) is 14.1. The third-order valence-corrected chi connectivity index (χ3v) is 7.09. The molecule has 2 amide bonds. The van der Waals surface area contributed by atoms with Crippen LogP contribution in [0, 0.1) is 0 Å². The normalized spacial score (nSPS) is 12.2. The van der Waals surface area contributed by atoms with E-state index in [9.17, 15) is 18.0 Å². The summed E-state index contributed by atoms with van der Waals surface area (Å²) >= 11 is 0. The highest BCUT2D eigenvalue weighted by atomic mass is 32.2. The number of carbonyl (C=O) groups is 2. The van der Waals surface area contributed by atoms with E-state index in [0.29, 0.717) is 17.9 Å². The molecule has 0 heterocycles. The summed E-state index contributed by atoms with van der Waals surface area (Å²) in [6, 6.07) is 14.0. The lowest BCUT2D eigenvalue weighted by molar-refractivity contribution is -0.140. The summed E-state index contributed by atoms with van der Waals surface area (Å²) in [4.78, 5) is 27.6. The van der Waals surface area contributed by atoms with Crippen molar-refractivity contribution >= 4 is 27.5 Å². The van der Waals surface area contributed by atoms with Gasteiger partial charge in [0.05, 0.1) is 19.1 Å². The number of hydrogen-bond acceptors (Lipinski definition) is 5. The number of ether oxygens (including phenoxy) is 1. The van der Waals surface area contributed by atoms with E-state index < -0.39 is 16.1 Å². The van der Waals surface area contributed by atoms with Crippen LogP contribution < -0.4 is 14.4 Å². The maximum absolute atomic E-state index is 13.3. The highest BCUT2D eigenvalue weighted by molar-refractivity contribution is 7.92. The van der Waals surface area contributed by atoms with Gasteiger partial charge in [0.15, 0.2) is 0 Å². The van der Waals surface area contributed by atoms with Crippen LogP contribution in [0.4, 0.5) is 5.69 Å². The van der Waals surface area contributed by atoms with Crippen LogP contribution in [-0.2, 0) is 32.6 Å². The Kier molecular flexibility index (Phi) is 10.8. The summed E-state index contributed by atoms with van der Waals surface area (Å²) < 4.78 is 31.4. The third kappa shape index (κ3) is 8.55. The van der Waals surface area contributed by atoms with Gasteiger partial charge in [-0.1, -0.05) is 31.2 Å². The molecule has 2 aromatic rings.